The van der Waals surface area contributed by atoms with Crippen LogP contribution in [0, 0.1) is 0 Å². The highest BCUT2D eigenvalue weighted by molar-refractivity contribution is 6.30. The Balaban J connectivity index is 1.93. The number of phenolic OH excluding ortho intramolecular Hbond substituents is 2. The average molecular weight is 340 g/mol. The molecule has 124 valence electrons. The fraction of sp³-hybridized carbons (Fsp3) is 0. The van der Waals surface area contributed by atoms with Crippen LogP contribution in [-0.4, -0.2) is 21.8 Å². The summed E-state index contributed by atoms with van der Waals surface area (Å²) >= 11 is 0. The highest BCUT2D eigenvalue weighted by Gasteiger charge is 2.30. The number of carbonyl (C=O) groups is 2. The van der Waals surface area contributed by atoms with Crippen molar-refractivity contribution in [1.82, 2.24) is 0 Å². The molecule has 0 amide bonds. The van der Waals surface area contributed by atoms with Gasteiger partial charge in [0.1, 0.15) is 11.5 Å². The monoisotopic (exact) mass is 340 g/mol. The first-order chi connectivity index (χ1) is 12.6. The van der Waals surface area contributed by atoms with Gasteiger partial charge in [-0.05, 0) is 12.1 Å². The van der Waals surface area contributed by atoms with Crippen LogP contribution in [0.2, 0.25) is 0 Å². The summed E-state index contributed by atoms with van der Waals surface area (Å²) in [5, 5.41) is 23.0. The molecule has 4 heteroatoms. The second-order valence-electron chi connectivity index (χ2n) is 6.39. The van der Waals surface area contributed by atoms with Crippen molar-refractivity contribution < 1.29 is 19.8 Å². The quantitative estimate of drug-likeness (QED) is 0.328. The van der Waals surface area contributed by atoms with Gasteiger partial charge in [0, 0.05) is 43.8 Å². The summed E-state index contributed by atoms with van der Waals surface area (Å²) in [6.07, 6.45) is 0. The van der Waals surface area contributed by atoms with Gasteiger partial charge in [-0.15, -0.1) is 0 Å². The molecule has 0 saturated heterocycles. The van der Waals surface area contributed by atoms with E-state index in [1.165, 1.54) is 12.1 Å². The van der Waals surface area contributed by atoms with Gasteiger partial charge < -0.3 is 10.2 Å². The van der Waals surface area contributed by atoms with Crippen molar-refractivity contribution in [3.8, 4) is 11.5 Å². The summed E-state index contributed by atoms with van der Waals surface area (Å²) in [6.45, 7) is 0. The van der Waals surface area contributed by atoms with Gasteiger partial charge in [-0.1, -0.05) is 48.5 Å². The normalized spacial score (nSPS) is 13.1. The molecule has 4 aromatic carbocycles. The average Bonchev–Trinajstić information content (AvgIpc) is 2.69. The van der Waals surface area contributed by atoms with E-state index in [4.69, 9.17) is 0 Å². The maximum atomic E-state index is 12.9. The predicted molar refractivity (Wildman–Crippen MR) is 98.1 cm³/mol. The fourth-order valence-corrected chi connectivity index (χ4v) is 3.72. The van der Waals surface area contributed by atoms with E-state index in [0.29, 0.717) is 32.7 Å². The second kappa shape index (κ2) is 4.92. The molecule has 0 fully saturated rings. The molecular weight excluding hydrogens is 328 g/mol. The molecule has 4 nitrogen and oxygen atoms in total. The topological polar surface area (TPSA) is 74.6 Å². The van der Waals surface area contributed by atoms with Crippen LogP contribution in [-0.2, 0) is 0 Å². The molecule has 1 aliphatic rings. The molecule has 0 atom stereocenters. The van der Waals surface area contributed by atoms with E-state index in [-0.39, 0.29) is 34.2 Å². The highest BCUT2D eigenvalue weighted by Crippen LogP contribution is 2.43. The lowest BCUT2D eigenvalue weighted by molar-refractivity contribution is 0.0979. The Bertz CT molecular complexity index is 1190. The minimum Gasteiger partial charge on any atom is -0.507 e. The summed E-state index contributed by atoms with van der Waals surface area (Å²) in [5.41, 5.74) is 1.19. The first-order valence-electron chi connectivity index (χ1n) is 8.16. The second-order valence-corrected chi connectivity index (χ2v) is 6.39. The van der Waals surface area contributed by atoms with Crippen molar-refractivity contribution in [2.45, 2.75) is 0 Å². The van der Waals surface area contributed by atoms with Gasteiger partial charge in [0.2, 0.25) is 0 Å². The zero-order valence-electron chi connectivity index (χ0n) is 13.5. The Hall–Kier alpha value is -3.66. The minimum atomic E-state index is -0.260. The Morgan fingerprint density at radius 2 is 0.885 bits per heavy atom. The molecule has 4 aromatic rings. The van der Waals surface area contributed by atoms with Gasteiger partial charge in [0.15, 0.2) is 11.6 Å². The zero-order chi connectivity index (χ0) is 18.0. The first kappa shape index (κ1) is 14.7. The lowest BCUT2D eigenvalue weighted by Crippen LogP contribution is -2.20. The molecular formula is C22H12O4. The van der Waals surface area contributed by atoms with Gasteiger partial charge in [-0.25, -0.2) is 0 Å². The lowest BCUT2D eigenvalue weighted by atomic mass is 9.82. The van der Waals surface area contributed by atoms with Gasteiger partial charge >= 0.3 is 0 Å². The molecule has 0 unspecified atom stereocenters. The third-order valence-electron chi connectivity index (χ3n) is 5.01. The van der Waals surface area contributed by atoms with E-state index in [0.717, 1.165) is 0 Å². The van der Waals surface area contributed by atoms with E-state index in [9.17, 15) is 19.8 Å². The summed E-state index contributed by atoms with van der Waals surface area (Å²) in [5.74, 6) is -0.557. The summed E-state index contributed by atoms with van der Waals surface area (Å²) in [6, 6.07) is 16.6. The molecule has 0 spiro atoms. The molecule has 0 aliphatic heterocycles. The molecule has 26 heavy (non-hydrogen) atoms. The van der Waals surface area contributed by atoms with Crippen molar-refractivity contribution >= 4 is 33.1 Å². The fourth-order valence-electron chi connectivity index (χ4n) is 3.72. The Morgan fingerprint density at radius 1 is 0.500 bits per heavy atom. The first-order valence-corrected chi connectivity index (χ1v) is 8.16. The van der Waals surface area contributed by atoms with Crippen LogP contribution >= 0.6 is 0 Å². The van der Waals surface area contributed by atoms with Crippen molar-refractivity contribution in [2.75, 3.05) is 0 Å². The van der Waals surface area contributed by atoms with Gasteiger partial charge in [-0.2, -0.15) is 0 Å². The van der Waals surface area contributed by atoms with Gasteiger partial charge in [0.25, 0.3) is 0 Å². The zero-order valence-corrected chi connectivity index (χ0v) is 13.5. The number of carbonyl (C=O) groups excluding carboxylic acids is 2. The van der Waals surface area contributed by atoms with E-state index in [2.05, 4.69) is 0 Å². The predicted octanol–water partition coefficient (Wildman–Crippen LogP) is 4.18. The molecule has 0 saturated carbocycles. The van der Waals surface area contributed by atoms with Crippen molar-refractivity contribution in [1.29, 1.82) is 0 Å². The number of ketones is 2. The van der Waals surface area contributed by atoms with E-state index in [1.54, 1.807) is 48.5 Å². The number of hydrogen-bond acceptors (Lipinski definition) is 4. The Kier molecular flexibility index (Phi) is 2.78. The smallest absolute Gasteiger partial charge is 0.194 e. The van der Waals surface area contributed by atoms with Crippen molar-refractivity contribution in [3.63, 3.8) is 0 Å². The van der Waals surface area contributed by atoms with Crippen LogP contribution in [0.3, 0.4) is 0 Å². The standard InChI is InChI=1S/C22H12O4/c23-19-11-5-1-2-6-12(11)20(24)16-10-18-17(9-15(16)19)21(25)13-7-3-4-8-14(13)22(18)26/h1-10,23-24H. The maximum Gasteiger partial charge on any atom is 0.194 e. The molecule has 1 aliphatic carbocycles. The van der Waals surface area contributed by atoms with Crippen LogP contribution in [0.15, 0.2) is 60.7 Å². The Morgan fingerprint density at radius 3 is 1.31 bits per heavy atom. The summed E-state index contributed by atoms with van der Waals surface area (Å²) in [7, 11) is 0. The molecule has 0 radical (unpaired) electrons. The third-order valence-corrected chi connectivity index (χ3v) is 5.01. The summed E-state index contributed by atoms with van der Waals surface area (Å²) in [4.78, 5) is 25.7. The van der Waals surface area contributed by atoms with Gasteiger partial charge in [0.05, 0.1) is 0 Å². The van der Waals surface area contributed by atoms with Crippen molar-refractivity contribution in [3.05, 3.63) is 82.9 Å². The van der Waals surface area contributed by atoms with Gasteiger partial charge in [-0.3, -0.25) is 9.59 Å². The lowest BCUT2D eigenvalue weighted by Gasteiger charge is -2.19. The number of aromatic hydroxyl groups is 2. The van der Waals surface area contributed by atoms with Crippen LogP contribution in [0.25, 0.3) is 21.5 Å². The maximum absolute atomic E-state index is 12.9. The molecule has 0 bridgehead atoms. The number of phenols is 2. The van der Waals surface area contributed by atoms with E-state index >= 15 is 0 Å². The van der Waals surface area contributed by atoms with Crippen molar-refractivity contribution in [2.24, 2.45) is 0 Å². The van der Waals surface area contributed by atoms with Crippen LogP contribution < -0.4 is 0 Å². The minimum absolute atomic E-state index is 0.0182. The van der Waals surface area contributed by atoms with E-state index in [1.807, 2.05) is 0 Å². The molecule has 5 rings (SSSR count). The SMILES string of the molecule is O=C1c2ccccc2C(=O)c2cc3c(O)c4ccccc4c(O)c3cc21. The van der Waals surface area contributed by atoms with Crippen LogP contribution in [0.4, 0.5) is 0 Å². The van der Waals surface area contributed by atoms with Crippen LogP contribution in [0.1, 0.15) is 31.8 Å². The molecule has 0 aromatic heterocycles. The highest BCUT2D eigenvalue weighted by atomic mass is 16.3. The summed E-state index contributed by atoms with van der Waals surface area (Å²) < 4.78 is 0. The largest absolute Gasteiger partial charge is 0.507 e. The number of benzene rings is 4. The molecule has 0 heterocycles. The van der Waals surface area contributed by atoms with Crippen LogP contribution in [0.5, 0.6) is 11.5 Å². The Labute approximate surface area is 147 Å². The number of fused-ring (bicyclic) bond motifs is 4. The molecule has 2 N–H and O–H groups in total. The third kappa shape index (κ3) is 1.73. The number of rotatable bonds is 0. The number of hydrogen-bond donors (Lipinski definition) is 2. The van der Waals surface area contributed by atoms with E-state index < -0.39 is 0 Å².